The van der Waals surface area contributed by atoms with Crippen molar-refractivity contribution in [3.63, 3.8) is 0 Å². The van der Waals surface area contributed by atoms with Gasteiger partial charge in [-0.1, -0.05) is 6.07 Å². The molecular formula is C14H20N2O2. The largest absolute Gasteiger partial charge is 0.508 e. The molecule has 1 amide bonds. The third-order valence-corrected chi connectivity index (χ3v) is 3.57. The zero-order chi connectivity index (χ0) is 13.2. The maximum Gasteiger partial charge on any atom is 0.251 e. The molecule has 4 nitrogen and oxygen atoms in total. The first-order valence-electron chi connectivity index (χ1n) is 6.33. The molecule has 4 heteroatoms. The van der Waals surface area contributed by atoms with Crippen molar-refractivity contribution < 1.29 is 9.90 Å². The zero-order valence-electron chi connectivity index (χ0n) is 10.9. The first-order chi connectivity index (χ1) is 8.50. The minimum Gasteiger partial charge on any atom is -0.508 e. The lowest BCUT2D eigenvalue weighted by Crippen LogP contribution is -2.47. The fourth-order valence-electron chi connectivity index (χ4n) is 2.24. The van der Waals surface area contributed by atoms with Gasteiger partial charge in [-0.3, -0.25) is 4.79 Å². The van der Waals surface area contributed by atoms with Crippen molar-refractivity contribution in [3.05, 3.63) is 29.3 Å². The van der Waals surface area contributed by atoms with E-state index in [-0.39, 0.29) is 17.2 Å². The second-order valence-corrected chi connectivity index (χ2v) is 5.27. The minimum absolute atomic E-state index is 0.00238. The van der Waals surface area contributed by atoms with Crippen LogP contribution in [0.15, 0.2) is 18.2 Å². The number of aromatic hydroxyl groups is 1. The second-order valence-electron chi connectivity index (χ2n) is 5.27. The molecular weight excluding hydrogens is 228 g/mol. The highest BCUT2D eigenvalue weighted by Gasteiger charge is 2.28. The molecule has 1 aromatic carbocycles. The fraction of sp³-hybridized carbons (Fsp3) is 0.500. The highest BCUT2D eigenvalue weighted by molar-refractivity contribution is 5.94. The van der Waals surface area contributed by atoms with Crippen LogP contribution in [-0.4, -0.2) is 29.6 Å². The summed E-state index contributed by atoms with van der Waals surface area (Å²) in [5.41, 5.74) is 1.28. The van der Waals surface area contributed by atoms with Gasteiger partial charge in [-0.25, -0.2) is 0 Å². The number of phenolic OH excluding ortho intramolecular Hbond substituents is 1. The molecule has 1 aromatic rings. The number of carbonyl (C=O) groups excluding carboxylic acids is 1. The van der Waals surface area contributed by atoms with Crippen LogP contribution in [0.4, 0.5) is 0 Å². The van der Waals surface area contributed by atoms with Gasteiger partial charge in [-0.05, 0) is 50.9 Å². The van der Waals surface area contributed by atoms with Crippen molar-refractivity contribution in [1.82, 2.24) is 10.6 Å². The van der Waals surface area contributed by atoms with Crippen LogP contribution in [0.1, 0.15) is 35.7 Å². The molecule has 1 atom stereocenters. The molecule has 0 bridgehead atoms. The van der Waals surface area contributed by atoms with E-state index in [0.29, 0.717) is 12.1 Å². The van der Waals surface area contributed by atoms with E-state index in [9.17, 15) is 9.90 Å². The summed E-state index contributed by atoms with van der Waals surface area (Å²) in [4.78, 5) is 12.0. The van der Waals surface area contributed by atoms with E-state index in [1.807, 2.05) is 0 Å². The predicted octanol–water partition coefficient (Wildman–Crippen LogP) is 1.57. The van der Waals surface area contributed by atoms with Crippen LogP contribution in [-0.2, 0) is 0 Å². The summed E-state index contributed by atoms with van der Waals surface area (Å²) >= 11 is 0. The van der Waals surface area contributed by atoms with E-state index in [2.05, 4.69) is 17.6 Å². The maximum atomic E-state index is 12.0. The number of carbonyl (C=O) groups is 1. The Morgan fingerprint density at radius 2 is 2.33 bits per heavy atom. The van der Waals surface area contributed by atoms with Gasteiger partial charge in [0.05, 0.1) is 0 Å². The smallest absolute Gasteiger partial charge is 0.251 e. The van der Waals surface area contributed by atoms with Crippen molar-refractivity contribution in [3.8, 4) is 5.75 Å². The number of hydrogen-bond donors (Lipinski definition) is 3. The molecule has 98 valence electrons. The lowest BCUT2D eigenvalue weighted by atomic mass is 10.0. The minimum atomic E-state index is -0.139. The summed E-state index contributed by atoms with van der Waals surface area (Å²) in [7, 11) is 0. The normalized spacial score (nSPS) is 23.0. The third kappa shape index (κ3) is 2.82. The maximum absolute atomic E-state index is 12.0. The number of aryl methyl sites for hydroxylation is 1. The van der Waals surface area contributed by atoms with E-state index in [0.717, 1.165) is 24.9 Å². The molecule has 18 heavy (non-hydrogen) atoms. The average Bonchev–Trinajstić information content (AvgIpc) is 2.77. The Hall–Kier alpha value is -1.55. The van der Waals surface area contributed by atoms with Gasteiger partial charge in [0.15, 0.2) is 0 Å². The summed E-state index contributed by atoms with van der Waals surface area (Å²) in [6.07, 6.45) is 2.23. The summed E-state index contributed by atoms with van der Waals surface area (Å²) in [5.74, 6) is 0.0214. The number of benzene rings is 1. The average molecular weight is 248 g/mol. The Labute approximate surface area is 107 Å². The van der Waals surface area contributed by atoms with E-state index >= 15 is 0 Å². The van der Waals surface area contributed by atoms with Crippen molar-refractivity contribution in [2.45, 2.75) is 32.2 Å². The van der Waals surface area contributed by atoms with E-state index in [4.69, 9.17) is 0 Å². The molecule has 0 aromatic heterocycles. The second kappa shape index (κ2) is 4.98. The van der Waals surface area contributed by atoms with E-state index < -0.39 is 0 Å². The fourth-order valence-corrected chi connectivity index (χ4v) is 2.24. The SMILES string of the molecule is Cc1ccc(C(=O)NCC2(C)CCCN2)cc1O. The molecule has 1 unspecified atom stereocenters. The van der Waals surface area contributed by atoms with E-state index in [1.165, 1.54) is 6.07 Å². The van der Waals surface area contributed by atoms with Crippen LogP contribution in [0.2, 0.25) is 0 Å². The van der Waals surface area contributed by atoms with Crippen LogP contribution in [0.3, 0.4) is 0 Å². The number of hydrogen-bond acceptors (Lipinski definition) is 3. The Kier molecular flexibility index (Phi) is 3.57. The Morgan fingerprint density at radius 1 is 1.56 bits per heavy atom. The summed E-state index contributed by atoms with van der Waals surface area (Å²) < 4.78 is 0. The molecule has 1 aliphatic rings. The molecule has 2 rings (SSSR count). The van der Waals surface area contributed by atoms with E-state index in [1.54, 1.807) is 19.1 Å². The Bertz CT molecular complexity index is 451. The first kappa shape index (κ1) is 12.9. The van der Waals surface area contributed by atoms with Crippen LogP contribution >= 0.6 is 0 Å². The molecule has 3 N–H and O–H groups in total. The first-order valence-corrected chi connectivity index (χ1v) is 6.33. The monoisotopic (exact) mass is 248 g/mol. The third-order valence-electron chi connectivity index (χ3n) is 3.57. The highest BCUT2D eigenvalue weighted by atomic mass is 16.3. The van der Waals surface area contributed by atoms with Crippen LogP contribution < -0.4 is 10.6 Å². The zero-order valence-corrected chi connectivity index (χ0v) is 10.9. The van der Waals surface area contributed by atoms with Gasteiger partial charge in [0.2, 0.25) is 0 Å². The summed E-state index contributed by atoms with van der Waals surface area (Å²) in [6, 6.07) is 4.99. The molecule has 1 saturated heterocycles. The van der Waals surface area contributed by atoms with Gasteiger partial charge < -0.3 is 15.7 Å². The number of nitrogens with one attached hydrogen (secondary N) is 2. The van der Waals surface area contributed by atoms with Crippen molar-refractivity contribution in [1.29, 1.82) is 0 Å². The van der Waals surface area contributed by atoms with Gasteiger partial charge >= 0.3 is 0 Å². The molecule has 1 heterocycles. The van der Waals surface area contributed by atoms with Crippen molar-refractivity contribution >= 4 is 5.91 Å². The molecule has 0 aliphatic carbocycles. The predicted molar refractivity (Wildman–Crippen MR) is 70.8 cm³/mol. The highest BCUT2D eigenvalue weighted by Crippen LogP contribution is 2.19. The topological polar surface area (TPSA) is 61.4 Å². The lowest BCUT2D eigenvalue weighted by Gasteiger charge is -2.24. The van der Waals surface area contributed by atoms with Gasteiger partial charge in [0.25, 0.3) is 5.91 Å². The standard InChI is InChI=1S/C14H20N2O2/c1-10-4-5-11(8-12(10)17)13(18)15-9-14(2)6-3-7-16-14/h4-5,8,16-17H,3,6-7,9H2,1-2H3,(H,15,18). The van der Waals surface area contributed by atoms with Gasteiger partial charge in [0, 0.05) is 17.6 Å². The van der Waals surface area contributed by atoms with Crippen LogP contribution in [0.5, 0.6) is 5.75 Å². The molecule has 1 aliphatic heterocycles. The lowest BCUT2D eigenvalue weighted by molar-refractivity contribution is 0.0942. The Morgan fingerprint density at radius 3 is 2.94 bits per heavy atom. The quantitative estimate of drug-likeness (QED) is 0.761. The summed E-state index contributed by atoms with van der Waals surface area (Å²) in [6.45, 7) is 5.55. The van der Waals surface area contributed by atoms with Crippen LogP contribution in [0.25, 0.3) is 0 Å². The van der Waals surface area contributed by atoms with Crippen molar-refractivity contribution in [2.75, 3.05) is 13.1 Å². The number of phenols is 1. The van der Waals surface area contributed by atoms with Crippen LogP contribution in [0, 0.1) is 6.92 Å². The molecule has 0 saturated carbocycles. The van der Waals surface area contributed by atoms with Gasteiger partial charge in [0.1, 0.15) is 5.75 Å². The van der Waals surface area contributed by atoms with Gasteiger partial charge in [-0.2, -0.15) is 0 Å². The molecule has 0 spiro atoms. The molecule has 1 fully saturated rings. The van der Waals surface area contributed by atoms with Gasteiger partial charge in [-0.15, -0.1) is 0 Å². The van der Waals surface area contributed by atoms with Crippen molar-refractivity contribution in [2.24, 2.45) is 0 Å². The Balaban J connectivity index is 1.97. The number of rotatable bonds is 3. The number of amides is 1. The summed E-state index contributed by atoms with van der Waals surface area (Å²) in [5, 5.41) is 15.9. The molecule has 0 radical (unpaired) electrons.